The molecule has 5 aromatic carbocycles. The Morgan fingerprint density at radius 2 is 0.912 bits per heavy atom. The Kier molecular flexibility index (Phi) is 5.04. The molecule has 2 nitrogen and oxygen atoms in total. The Hall–Kier alpha value is -4.43. The summed E-state index contributed by atoms with van der Waals surface area (Å²) in [7, 11) is 1.69. The normalized spacial score (nSPS) is 11.1. The molecule has 0 atom stereocenters. The van der Waals surface area contributed by atoms with Gasteiger partial charge in [0.1, 0.15) is 5.75 Å². The quantitative estimate of drug-likeness (QED) is 0.276. The summed E-state index contributed by atoms with van der Waals surface area (Å²) >= 11 is 0. The monoisotopic (exact) mass is 437 g/mol. The molecule has 1 heterocycles. The summed E-state index contributed by atoms with van der Waals surface area (Å²) in [5.41, 5.74) is 6.40. The first-order chi connectivity index (χ1) is 16.8. The van der Waals surface area contributed by atoms with Crippen LogP contribution in [0.1, 0.15) is 0 Å². The van der Waals surface area contributed by atoms with E-state index in [9.17, 15) is 0 Å². The van der Waals surface area contributed by atoms with E-state index in [1.54, 1.807) is 7.11 Å². The second-order valence-electron chi connectivity index (χ2n) is 8.48. The van der Waals surface area contributed by atoms with Crippen molar-refractivity contribution in [1.29, 1.82) is 0 Å². The van der Waals surface area contributed by atoms with Crippen molar-refractivity contribution in [2.24, 2.45) is 0 Å². The second-order valence-corrected chi connectivity index (χ2v) is 8.48. The van der Waals surface area contributed by atoms with Crippen molar-refractivity contribution in [2.75, 3.05) is 7.11 Å². The lowest BCUT2D eigenvalue weighted by Crippen LogP contribution is -1.92. The zero-order chi connectivity index (χ0) is 22.9. The third-order valence-electron chi connectivity index (χ3n) is 6.34. The highest BCUT2D eigenvalue weighted by Crippen LogP contribution is 2.33. The van der Waals surface area contributed by atoms with E-state index in [1.165, 1.54) is 21.5 Å². The summed E-state index contributed by atoms with van der Waals surface area (Å²) in [5, 5.41) is 4.88. The number of methoxy groups -OCH3 is 1. The molecule has 0 bridgehead atoms. The molecule has 0 amide bonds. The molecule has 6 aromatic rings. The molecule has 0 unspecified atom stereocenters. The Morgan fingerprint density at radius 3 is 1.41 bits per heavy atom. The first-order valence-electron chi connectivity index (χ1n) is 11.4. The van der Waals surface area contributed by atoms with Gasteiger partial charge in [-0.15, -0.1) is 0 Å². The van der Waals surface area contributed by atoms with Crippen molar-refractivity contribution in [3.63, 3.8) is 0 Å². The molecule has 0 aliphatic heterocycles. The molecule has 34 heavy (non-hydrogen) atoms. The average molecular weight is 438 g/mol. The Labute approximate surface area is 199 Å². The lowest BCUT2D eigenvalue weighted by Gasteiger charge is -2.12. The number of fused-ring (bicyclic) bond motifs is 2. The zero-order valence-electron chi connectivity index (χ0n) is 18.9. The molecule has 0 aliphatic rings. The van der Waals surface area contributed by atoms with E-state index in [-0.39, 0.29) is 0 Å². The summed E-state index contributed by atoms with van der Waals surface area (Å²) in [6.45, 7) is 0. The second kappa shape index (κ2) is 8.49. The Balaban J connectivity index is 1.54. The van der Waals surface area contributed by atoms with Crippen LogP contribution in [0.15, 0.2) is 121 Å². The summed E-state index contributed by atoms with van der Waals surface area (Å²) in [5.74, 6) is 0.849. The van der Waals surface area contributed by atoms with Crippen molar-refractivity contribution >= 4 is 21.5 Å². The maximum Gasteiger partial charge on any atom is 0.118 e. The molecule has 0 N–H and O–H groups in total. The summed E-state index contributed by atoms with van der Waals surface area (Å²) in [4.78, 5) is 5.12. The van der Waals surface area contributed by atoms with E-state index in [1.807, 2.05) is 12.1 Å². The van der Waals surface area contributed by atoms with E-state index in [2.05, 4.69) is 109 Å². The number of aromatic nitrogens is 1. The zero-order valence-corrected chi connectivity index (χ0v) is 18.9. The van der Waals surface area contributed by atoms with Crippen LogP contribution < -0.4 is 4.74 Å². The highest BCUT2D eigenvalue weighted by Gasteiger charge is 2.10. The smallest absolute Gasteiger partial charge is 0.118 e. The number of nitrogens with zero attached hydrogens (tertiary/aromatic N) is 1. The lowest BCUT2D eigenvalue weighted by atomic mass is 9.98. The van der Waals surface area contributed by atoms with Crippen molar-refractivity contribution in [2.45, 2.75) is 0 Å². The van der Waals surface area contributed by atoms with Gasteiger partial charge in [-0.3, -0.25) is 0 Å². The van der Waals surface area contributed by atoms with Gasteiger partial charge in [0.05, 0.1) is 18.5 Å². The molecule has 162 valence electrons. The number of hydrogen-bond acceptors (Lipinski definition) is 2. The number of ether oxygens (including phenoxy) is 1. The molecule has 0 saturated heterocycles. The predicted molar refractivity (Wildman–Crippen MR) is 142 cm³/mol. The maximum absolute atomic E-state index is 5.36. The highest BCUT2D eigenvalue weighted by atomic mass is 16.5. The van der Waals surface area contributed by atoms with Gasteiger partial charge < -0.3 is 4.74 Å². The van der Waals surface area contributed by atoms with E-state index in [0.717, 1.165) is 39.4 Å². The lowest BCUT2D eigenvalue weighted by molar-refractivity contribution is 0.415. The van der Waals surface area contributed by atoms with Gasteiger partial charge in [0.2, 0.25) is 0 Å². The first kappa shape index (κ1) is 20.2. The van der Waals surface area contributed by atoms with Crippen LogP contribution in [0, 0.1) is 0 Å². The van der Waals surface area contributed by atoms with Crippen LogP contribution in [0.3, 0.4) is 0 Å². The molecule has 0 aliphatic carbocycles. The topological polar surface area (TPSA) is 22.1 Å². The largest absolute Gasteiger partial charge is 0.497 e. The van der Waals surface area contributed by atoms with Gasteiger partial charge in [0.15, 0.2) is 0 Å². The summed E-state index contributed by atoms with van der Waals surface area (Å²) in [6.07, 6.45) is 0. The van der Waals surface area contributed by atoms with E-state index >= 15 is 0 Å². The van der Waals surface area contributed by atoms with Crippen LogP contribution in [-0.4, -0.2) is 12.1 Å². The Morgan fingerprint density at radius 1 is 0.441 bits per heavy atom. The average Bonchev–Trinajstić information content (AvgIpc) is 2.92. The predicted octanol–water partition coefficient (Wildman–Crippen LogP) is 8.40. The van der Waals surface area contributed by atoms with Crippen molar-refractivity contribution in [3.05, 3.63) is 121 Å². The van der Waals surface area contributed by atoms with Crippen LogP contribution in [-0.2, 0) is 0 Å². The summed E-state index contributed by atoms with van der Waals surface area (Å²) < 4.78 is 5.36. The van der Waals surface area contributed by atoms with Crippen LogP contribution in [0.25, 0.3) is 55.2 Å². The van der Waals surface area contributed by atoms with Crippen molar-refractivity contribution < 1.29 is 4.74 Å². The first-order valence-corrected chi connectivity index (χ1v) is 11.4. The molecule has 0 fully saturated rings. The minimum atomic E-state index is 0.849. The number of pyridine rings is 1. The van der Waals surface area contributed by atoms with Gasteiger partial charge in [-0.05, 0) is 69.1 Å². The highest BCUT2D eigenvalue weighted by molar-refractivity contribution is 5.89. The molecular weight excluding hydrogens is 414 g/mol. The molecule has 1 aromatic heterocycles. The van der Waals surface area contributed by atoms with Gasteiger partial charge in [-0.1, -0.05) is 84.9 Å². The van der Waals surface area contributed by atoms with Gasteiger partial charge in [0, 0.05) is 11.1 Å². The van der Waals surface area contributed by atoms with E-state index in [4.69, 9.17) is 9.72 Å². The van der Waals surface area contributed by atoms with Crippen LogP contribution in [0.4, 0.5) is 0 Å². The van der Waals surface area contributed by atoms with Crippen molar-refractivity contribution in [3.8, 4) is 39.4 Å². The molecule has 6 rings (SSSR count). The van der Waals surface area contributed by atoms with E-state index < -0.39 is 0 Å². The molecule has 0 saturated carbocycles. The fourth-order valence-electron chi connectivity index (χ4n) is 4.47. The fraction of sp³-hybridized carbons (Fsp3) is 0.0312. The maximum atomic E-state index is 5.36. The SMILES string of the molecule is COc1ccc(-c2cc(-c3ccc4ccccc4c3)nc(-c3ccc4ccccc4c3)c2)cc1. The third-order valence-corrected chi connectivity index (χ3v) is 6.34. The van der Waals surface area contributed by atoms with Crippen LogP contribution in [0.2, 0.25) is 0 Å². The minimum Gasteiger partial charge on any atom is -0.497 e. The molecule has 0 radical (unpaired) electrons. The molecular formula is C32H23NO. The van der Waals surface area contributed by atoms with Crippen LogP contribution >= 0.6 is 0 Å². The van der Waals surface area contributed by atoms with Gasteiger partial charge >= 0.3 is 0 Å². The Bertz CT molecular complexity index is 1540. The summed E-state index contributed by atoms with van der Waals surface area (Å²) in [6, 6.07) is 42.5. The van der Waals surface area contributed by atoms with E-state index in [0.29, 0.717) is 0 Å². The van der Waals surface area contributed by atoms with Gasteiger partial charge in [-0.2, -0.15) is 0 Å². The molecule has 0 spiro atoms. The van der Waals surface area contributed by atoms with Gasteiger partial charge in [-0.25, -0.2) is 4.98 Å². The number of rotatable bonds is 4. The number of hydrogen-bond donors (Lipinski definition) is 0. The standard InChI is InChI=1S/C32H23NO/c1-34-30-16-14-24(15-17-30)29-20-31(27-12-10-22-6-2-4-8-25(22)18-27)33-32(21-29)28-13-11-23-7-3-5-9-26(23)19-28/h2-21H,1H3. The minimum absolute atomic E-state index is 0.849. The number of benzene rings is 5. The fourth-order valence-corrected chi connectivity index (χ4v) is 4.47. The van der Waals surface area contributed by atoms with Crippen LogP contribution in [0.5, 0.6) is 5.75 Å². The van der Waals surface area contributed by atoms with Gasteiger partial charge in [0.25, 0.3) is 0 Å². The molecule has 2 heteroatoms. The van der Waals surface area contributed by atoms with Crippen molar-refractivity contribution in [1.82, 2.24) is 4.98 Å². The third kappa shape index (κ3) is 3.80.